The number of nitrogens with zero attached hydrogens (tertiary/aromatic N) is 1. The van der Waals surface area contributed by atoms with Crippen LogP contribution in [-0.2, 0) is 6.42 Å². The van der Waals surface area contributed by atoms with Crippen molar-refractivity contribution in [3.8, 4) is 16.5 Å². The van der Waals surface area contributed by atoms with E-state index in [9.17, 15) is 5.11 Å². The first-order valence-electron chi connectivity index (χ1n) is 5.23. The smallest absolute Gasteiger partial charge is 0.222 e. The van der Waals surface area contributed by atoms with Crippen molar-refractivity contribution in [2.75, 3.05) is 5.75 Å². The second kappa shape index (κ2) is 4.11. The van der Waals surface area contributed by atoms with Crippen molar-refractivity contribution < 1.29 is 5.11 Å². The van der Waals surface area contributed by atoms with Crippen LogP contribution in [0.1, 0.15) is 12.0 Å². The van der Waals surface area contributed by atoms with E-state index in [0.717, 1.165) is 17.0 Å². The minimum atomic E-state index is 0.118. The number of rotatable bonds is 1. The molecule has 2 nitrogen and oxygen atoms in total. The molecule has 1 N–H and O–H groups in total. The number of thiazole rings is 1. The van der Waals surface area contributed by atoms with E-state index in [1.54, 1.807) is 5.38 Å². The molecule has 0 radical (unpaired) electrons. The second-order valence-electron chi connectivity index (χ2n) is 3.79. The maximum Gasteiger partial charge on any atom is 0.222 e. The van der Waals surface area contributed by atoms with Crippen molar-refractivity contribution in [1.82, 2.24) is 4.98 Å². The van der Waals surface area contributed by atoms with Gasteiger partial charge in [-0.1, -0.05) is 6.07 Å². The zero-order valence-corrected chi connectivity index (χ0v) is 10.3. The van der Waals surface area contributed by atoms with Crippen LogP contribution < -0.4 is 0 Å². The average molecular weight is 249 g/mol. The van der Waals surface area contributed by atoms with E-state index in [2.05, 4.69) is 23.2 Å². The van der Waals surface area contributed by atoms with Gasteiger partial charge >= 0.3 is 0 Å². The normalized spacial score (nSPS) is 14.8. The molecule has 1 aromatic heterocycles. The highest BCUT2D eigenvalue weighted by molar-refractivity contribution is 7.99. The summed E-state index contributed by atoms with van der Waals surface area (Å²) in [4.78, 5) is 5.50. The molecule has 1 aliphatic rings. The lowest BCUT2D eigenvalue weighted by atomic mass is 10.1. The predicted molar refractivity (Wildman–Crippen MR) is 68.3 cm³/mol. The van der Waals surface area contributed by atoms with E-state index in [0.29, 0.717) is 0 Å². The maximum absolute atomic E-state index is 9.25. The van der Waals surface area contributed by atoms with Gasteiger partial charge in [-0.25, -0.2) is 4.98 Å². The fourth-order valence-electron chi connectivity index (χ4n) is 1.89. The number of thioether (sulfide) groups is 1. The molecule has 1 aliphatic heterocycles. The van der Waals surface area contributed by atoms with Crippen LogP contribution in [0.2, 0.25) is 0 Å². The highest BCUT2D eigenvalue weighted by Gasteiger charge is 2.12. The summed E-state index contributed by atoms with van der Waals surface area (Å²) in [6.45, 7) is 0. The van der Waals surface area contributed by atoms with Crippen LogP contribution in [0.15, 0.2) is 28.5 Å². The largest absolute Gasteiger partial charge is 0.493 e. The van der Waals surface area contributed by atoms with Crippen molar-refractivity contribution >= 4 is 23.1 Å². The van der Waals surface area contributed by atoms with Crippen molar-refractivity contribution in [1.29, 1.82) is 0 Å². The Hall–Kier alpha value is -1.00. The highest BCUT2D eigenvalue weighted by atomic mass is 32.2. The third kappa shape index (κ3) is 1.83. The van der Waals surface area contributed by atoms with Gasteiger partial charge in [0.1, 0.15) is 5.01 Å². The van der Waals surface area contributed by atoms with E-state index in [4.69, 9.17) is 0 Å². The standard InChI is InChI=1S/C12H11NOS2/c14-11-7-16-12(13-11)9-3-4-10-8(6-9)2-1-5-15-10/h3-4,6-7,14H,1-2,5H2. The molecule has 3 rings (SSSR count). The Morgan fingerprint density at radius 2 is 2.25 bits per heavy atom. The van der Waals surface area contributed by atoms with Crippen molar-refractivity contribution in [2.24, 2.45) is 0 Å². The van der Waals surface area contributed by atoms with Gasteiger partial charge in [0.25, 0.3) is 0 Å². The van der Waals surface area contributed by atoms with Gasteiger partial charge in [0.2, 0.25) is 5.88 Å². The lowest BCUT2D eigenvalue weighted by molar-refractivity contribution is 0.458. The number of fused-ring (bicyclic) bond motifs is 1. The van der Waals surface area contributed by atoms with Crippen LogP contribution in [0.25, 0.3) is 10.6 Å². The van der Waals surface area contributed by atoms with Crippen LogP contribution in [0.4, 0.5) is 0 Å². The van der Waals surface area contributed by atoms with E-state index in [-0.39, 0.29) is 5.88 Å². The van der Waals surface area contributed by atoms with Gasteiger partial charge in [-0.15, -0.1) is 23.1 Å². The molecule has 0 aliphatic carbocycles. The molecule has 2 aromatic rings. The van der Waals surface area contributed by atoms with Gasteiger partial charge in [0.05, 0.1) is 5.38 Å². The summed E-state index contributed by atoms with van der Waals surface area (Å²) in [6.07, 6.45) is 2.41. The molecule has 0 amide bonds. The van der Waals surface area contributed by atoms with Gasteiger partial charge in [0.15, 0.2) is 0 Å². The number of aromatic nitrogens is 1. The zero-order chi connectivity index (χ0) is 11.0. The topological polar surface area (TPSA) is 33.1 Å². The molecule has 1 aromatic carbocycles. The fourth-order valence-corrected chi connectivity index (χ4v) is 3.59. The molecule has 0 saturated carbocycles. The van der Waals surface area contributed by atoms with Gasteiger partial charge in [-0.3, -0.25) is 0 Å². The molecule has 0 fully saturated rings. The molecular formula is C12H11NOS2. The SMILES string of the molecule is Oc1csc(-c2ccc3c(c2)CCCS3)n1. The molecular weight excluding hydrogens is 238 g/mol. The number of benzene rings is 1. The van der Waals surface area contributed by atoms with Crippen LogP contribution in [0.5, 0.6) is 5.88 Å². The molecule has 0 saturated heterocycles. The summed E-state index contributed by atoms with van der Waals surface area (Å²) in [5.41, 5.74) is 2.54. The summed E-state index contributed by atoms with van der Waals surface area (Å²) in [5, 5.41) is 11.8. The summed E-state index contributed by atoms with van der Waals surface area (Å²) < 4.78 is 0. The predicted octanol–water partition coefficient (Wildman–Crippen LogP) is 3.55. The van der Waals surface area contributed by atoms with Gasteiger partial charge in [0, 0.05) is 10.5 Å². The third-order valence-electron chi connectivity index (χ3n) is 2.65. The summed E-state index contributed by atoms with van der Waals surface area (Å²) >= 11 is 3.42. The zero-order valence-electron chi connectivity index (χ0n) is 8.64. The fraction of sp³-hybridized carbons (Fsp3) is 0.250. The van der Waals surface area contributed by atoms with E-state index < -0.39 is 0 Å². The Morgan fingerprint density at radius 1 is 1.31 bits per heavy atom. The van der Waals surface area contributed by atoms with Crippen LogP contribution in [0.3, 0.4) is 0 Å². The number of aromatic hydroxyl groups is 1. The number of hydrogen-bond donors (Lipinski definition) is 1. The van der Waals surface area contributed by atoms with Crippen LogP contribution in [0, 0.1) is 0 Å². The van der Waals surface area contributed by atoms with Crippen molar-refractivity contribution in [3.05, 3.63) is 29.1 Å². The van der Waals surface area contributed by atoms with E-state index in [1.807, 2.05) is 11.8 Å². The second-order valence-corrected chi connectivity index (χ2v) is 5.78. The van der Waals surface area contributed by atoms with E-state index >= 15 is 0 Å². The van der Waals surface area contributed by atoms with Gasteiger partial charge in [-0.2, -0.15) is 0 Å². The van der Waals surface area contributed by atoms with E-state index in [1.165, 1.54) is 34.0 Å². The van der Waals surface area contributed by atoms with Crippen LogP contribution >= 0.6 is 23.1 Å². The van der Waals surface area contributed by atoms with Crippen LogP contribution in [-0.4, -0.2) is 15.8 Å². The first-order valence-corrected chi connectivity index (χ1v) is 7.10. The number of aryl methyl sites for hydroxylation is 1. The number of hydrogen-bond acceptors (Lipinski definition) is 4. The molecule has 4 heteroatoms. The molecule has 16 heavy (non-hydrogen) atoms. The van der Waals surface area contributed by atoms with Gasteiger partial charge in [-0.05, 0) is 36.3 Å². The highest BCUT2D eigenvalue weighted by Crippen LogP contribution is 2.34. The maximum atomic E-state index is 9.25. The summed E-state index contributed by atoms with van der Waals surface area (Å²) in [6, 6.07) is 6.47. The Morgan fingerprint density at radius 3 is 3.06 bits per heavy atom. The minimum Gasteiger partial charge on any atom is -0.493 e. The van der Waals surface area contributed by atoms with Gasteiger partial charge < -0.3 is 5.11 Å². The minimum absolute atomic E-state index is 0.118. The Balaban J connectivity index is 2.02. The lowest BCUT2D eigenvalue weighted by Crippen LogP contribution is -1.98. The van der Waals surface area contributed by atoms with Crippen molar-refractivity contribution in [3.63, 3.8) is 0 Å². The van der Waals surface area contributed by atoms with Crippen molar-refractivity contribution in [2.45, 2.75) is 17.7 Å². The summed E-state index contributed by atoms with van der Waals surface area (Å²) in [5.74, 6) is 1.34. The molecule has 2 heterocycles. The monoisotopic (exact) mass is 249 g/mol. The molecule has 82 valence electrons. The summed E-state index contributed by atoms with van der Waals surface area (Å²) in [7, 11) is 0. The average Bonchev–Trinajstić information content (AvgIpc) is 2.75. The third-order valence-corrected chi connectivity index (χ3v) is 4.73. The Kier molecular flexibility index (Phi) is 2.61. The first kappa shape index (κ1) is 10.2. The quantitative estimate of drug-likeness (QED) is 0.839. The molecule has 0 atom stereocenters. The Bertz CT molecular complexity index is 521. The molecule has 0 bridgehead atoms. The molecule has 0 unspecified atom stereocenters. The lowest BCUT2D eigenvalue weighted by Gasteiger charge is -2.15. The molecule has 0 spiro atoms. The Labute approximate surface area is 102 Å². The first-order chi connectivity index (χ1) is 7.83.